The monoisotopic (exact) mass is 526 g/mol. The largest absolute Gasteiger partial charge is 0.394 e. The van der Waals surface area contributed by atoms with Crippen LogP contribution in [0.5, 0.6) is 0 Å². The van der Waals surface area contributed by atoms with E-state index in [2.05, 4.69) is 4.98 Å². The Morgan fingerprint density at radius 3 is 2.43 bits per heavy atom. The van der Waals surface area contributed by atoms with E-state index in [1.54, 1.807) is 29.5 Å². The molecule has 198 valence electrons. The van der Waals surface area contributed by atoms with E-state index in [1.807, 2.05) is 49.4 Å². The first kappa shape index (κ1) is 27.0. The van der Waals surface area contributed by atoms with Gasteiger partial charge in [-0.15, -0.1) is 0 Å². The molecule has 37 heavy (non-hydrogen) atoms. The number of sulfonamides is 1. The molecule has 3 aromatic rings. The smallest absolute Gasteiger partial charge is 0.261 e. The molecule has 0 radical (unpaired) electrons. The summed E-state index contributed by atoms with van der Waals surface area (Å²) in [5.41, 5.74) is 3.13. The second kappa shape index (κ2) is 11.1. The second-order valence-corrected chi connectivity index (χ2v) is 11.7. The van der Waals surface area contributed by atoms with Gasteiger partial charge in [0.05, 0.1) is 31.7 Å². The number of hydrogen-bond acceptors (Lipinski definition) is 6. The summed E-state index contributed by atoms with van der Waals surface area (Å²) >= 11 is 0. The molecule has 1 aliphatic rings. The van der Waals surface area contributed by atoms with Gasteiger partial charge in [-0.25, -0.2) is 13.4 Å². The van der Waals surface area contributed by atoms with Crippen molar-refractivity contribution < 1.29 is 23.1 Å². The van der Waals surface area contributed by atoms with Crippen LogP contribution in [-0.2, 0) is 28.4 Å². The zero-order valence-electron chi connectivity index (χ0n) is 21.6. The van der Waals surface area contributed by atoms with E-state index in [0.29, 0.717) is 5.56 Å². The number of aliphatic hydroxyl groups is 1. The molecule has 1 aliphatic heterocycles. The molecule has 2 aromatic carbocycles. The van der Waals surface area contributed by atoms with Crippen LogP contribution in [0.3, 0.4) is 0 Å². The quantitative estimate of drug-likeness (QED) is 0.530. The highest BCUT2D eigenvalue weighted by molar-refractivity contribution is 7.89. The maximum Gasteiger partial charge on any atom is 0.261 e. The summed E-state index contributed by atoms with van der Waals surface area (Å²) in [6, 6.07) is 14.8. The molecule has 1 N–H and O–H groups in total. The minimum atomic E-state index is -3.83. The molecule has 1 aromatic heterocycles. The SMILES string of the molecule is C[C@H]1CN([C@@H](C)CO)C(=O)c2ccccc2-c2ccccc2CO[C@@H]1CN(C)S(=O)(=O)c1cn(C)cn1. The van der Waals surface area contributed by atoms with Crippen LogP contribution in [0.2, 0.25) is 0 Å². The number of carbonyl (C=O) groups is 1. The number of aromatic nitrogens is 2. The summed E-state index contributed by atoms with van der Waals surface area (Å²) in [7, 11) is -0.613. The lowest BCUT2D eigenvalue weighted by molar-refractivity contribution is -0.0146. The van der Waals surface area contributed by atoms with Gasteiger partial charge in [0.15, 0.2) is 5.03 Å². The van der Waals surface area contributed by atoms with Gasteiger partial charge in [-0.2, -0.15) is 4.31 Å². The Labute approximate surface area is 218 Å². The Balaban J connectivity index is 1.73. The van der Waals surface area contributed by atoms with Crippen LogP contribution in [-0.4, -0.2) is 77.1 Å². The average molecular weight is 527 g/mol. The minimum absolute atomic E-state index is 0.0340. The van der Waals surface area contributed by atoms with Crippen LogP contribution in [0.15, 0.2) is 66.1 Å². The molecule has 0 fully saturated rings. The van der Waals surface area contributed by atoms with Crippen LogP contribution in [0.25, 0.3) is 11.1 Å². The van der Waals surface area contributed by atoms with Crippen LogP contribution in [0.1, 0.15) is 29.8 Å². The predicted molar refractivity (Wildman–Crippen MR) is 140 cm³/mol. The first-order valence-corrected chi connectivity index (χ1v) is 13.7. The molecule has 0 bridgehead atoms. The number of ether oxygens (including phenoxy) is 1. The van der Waals surface area contributed by atoms with Crippen molar-refractivity contribution in [1.29, 1.82) is 0 Å². The van der Waals surface area contributed by atoms with E-state index < -0.39 is 22.2 Å². The van der Waals surface area contributed by atoms with Gasteiger partial charge in [0.2, 0.25) is 0 Å². The third-order valence-electron chi connectivity index (χ3n) is 6.89. The van der Waals surface area contributed by atoms with E-state index in [-0.39, 0.29) is 43.2 Å². The highest BCUT2D eigenvalue weighted by Gasteiger charge is 2.33. The maximum absolute atomic E-state index is 13.9. The van der Waals surface area contributed by atoms with Crippen LogP contribution < -0.4 is 0 Å². The minimum Gasteiger partial charge on any atom is -0.394 e. The van der Waals surface area contributed by atoms with E-state index in [9.17, 15) is 18.3 Å². The number of rotatable bonds is 6. The lowest BCUT2D eigenvalue weighted by Crippen LogP contribution is -2.47. The third-order valence-corrected chi connectivity index (χ3v) is 8.60. The van der Waals surface area contributed by atoms with E-state index in [0.717, 1.165) is 16.7 Å². The van der Waals surface area contributed by atoms with Crippen LogP contribution in [0.4, 0.5) is 0 Å². The number of aryl methyl sites for hydroxylation is 1. The summed E-state index contributed by atoms with van der Waals surface area (Å²) in [6.07, 6.45) is 2.38. The molecule has 3 atom stereocenters. The van der Waals surface area contributed by atoms with Crippen molar-refractivity contribution in [2.45, 2.75) is 37.6 Å². The van der Waals surface area contributed by atoms with Gasteiger partial charge < -0.3 is 19.3 Å². The number of aliphatic hydroxyl groups excluding tert-OH is 1. The maximum atomic E-state index is 13.9. The number of benzene rings is 2. The highest BCUT2D eigenvalue weighted by Crippen LogP contribution is 2.31. The van der Waals surface area contributed by atoms with Crippen molar-refractivity contribution in [3.63, 3.8) is 0 Å². The Morgan fingerprint density at radius 2 is 1.78 bits per heavy atom. The topological polar surface area (TPSA) is 105 Å². The molecule has 0 saturated carbocycles. The molecule has 0 aliphatic carbocycles. The molecule has 1 amide bonds. The standard InChI is InChI=1S/C27H34N4O5S/c1-19-13-31(20(2)16-32)27(33)24-12-8-7-11-23(24)22-10-6-5-9-21(22)17-36-25(19)14-30(4)37(34,35)26-15-29(3)18-28-26/h5-12,15,18-20,25,32H,13-14,16-17H2,1-4H3/t19-,20-,25+/m0/s1. The fraction of sp³-hybridized carbons (Fsp3) is 0.407. The van der Waals surface area contributed by atoms with E-state index in [1.165, 1.54) is 23.9 Å². The summed E-state index contributed by atoms with van der Waals surface area (Å²) in [4.78, 5) is 19.5. The summed E-state index contributed by atoms with van der Waals surface area (Å²) in [5, 5.41) is 9.93. The molecule has 0 unspecified atom stereocenters. The zero-order valence-corrected chi connectivity index (χ0v) is 22.4. The number of hydrogen-bond donors (Lipinski definition) is 1. The number of imidazole rings is 1. The number of carbonyl (C=O) groups excluding carboxylic acids is 1. The summed E-state index contributed by atoms with van der Waals surface area (Å²) in [6.45, 7) is 4.15. The fourth-order valence-electron chi connectivity index (χ4n) is 4.58. The Kier molecular flexibility index (Phi) is 8.13. The summed E-state index contributed by atoms with van der Waals surface area (Å²) < 4.78 is 35.6. The Hall–Kier alpha value is -3.05. The number of fused-ring (bicyclic) bond motifs is 3. The third kappa shape index (κ3) is 5.62. The van der Waals surface area contributed by atoms with Crippen molar-refractivity contribution >= 4 is 15.9 Å². The van der Waals surface area contributed by atoms with E-state index >= 15 is 0 Å². The van der Waals surface area contributed by atoms with E-state index in [4.69, 9.17) is 4.74 Å². The van der Waals surface area contributed by atoms with Gasteiger partial charge in [0, 0.05) is 44.9 Å². The van der Waals surface area contributed by atoms with Gasteiger partial charge in [-0.3, -0.25) is 4.79 Å². The molecule has 0 saturated heterocycles. The summed E-state index contributed by atoms with van der Waals surface area (Å²) in [5.74, 6) is -0.425. The average Bonchev–Trinajstić information content (AvgIpc) is 3.35. The van der Waals surface area contributed by atoms with Gasteiger partial charge in [-0.05, 0) is 29.7 Å². The predicted octanol–water partition coefficient (Wildman–Crippen LogP) is 2.77. The molecular formula is C27H34N4O5S. The van der Waals surface area contributed by atoms with Gasteiger partial charge in [0.25, 0.3) is 15.9 Å². The van der Waals surface area contributed by atoms with Crippen molar-refractivity contribution in [3.05, 3.63) is 72.2 Å². The van der Waals surface area contributed by atoms with Gasteiger partial charge >= 0.3 is 0 Å². The molecule has 10 heteroatoms. The molecular weight excluding hydrogens is 492 g/mol. The highest BCUT2D eigenvalue weighted by atomic mass is 32.2. The van der Waals surface area contributed by atoms with Crippen molar-refractivity contribution in [2.75, 3.05) is 26.7 Å². The lowest BCUT2D eigenvalue weighted by atomic mass is 9.94. The van der Waals surface area contributed by atoms with Gasteiger partial charge in [0.1, 0.15) is 0 Å². The zero-order chi connectivity index (χ0) is 26.7. The molecule has 0 spiro atoms. The lowest BCUT2D eigenvalue weighted by Gasteiger charge is -2.34. The normalized spacial score (nSPS) is 19.7. The van der Waals surface area contributed by atoms with Crippen LogP contribution >= 0.6 is 0 Å². The number of likely N-dealkylation sites (N-methyl/N-ethyl adjacent to an activating group) is 1. The van der Waals surface area contributed by atoms with Crippen molar-refractivity contribution in [1.82, 2.24) is 18.8 Å². The Bertz CT molecular complexity index is 1360. The van der Waals surface area contributed by atoms with Crippen molar-refractivity contribution in [3.8, 4) is 11.1 Å². The Morgan fingerprint density at radius 1 is 1.14 bits per heavy atom. The van der Waals surface area contributed by atoms with Gasteiger partial charge in [-0.1, -0.05) is 49.4 Å². The first-order chi connectivity index (χ1) is 17.6. The van der Waals surface area contributed by atoms with Crippen LogP contribution in [0, 0.1) is 5.92 Å². The first-order valence-electron chi connectivity index (χ1n) is 12.3. The molecule has 4 rings (SSSR count). The molecule has 9 nitrogen and oxygen atoms in total. The number of nitrogens with zero attached hydrogens (tertiary/aromatic N) is 4. The van der Waals surface area contributed by atoms with Crippen molar-refractivity contribution in [2.24, 2.45) is 13.0 Å². The fourth-order valence-corrected chi connectivity index (χ4v) is 5.73. The second-order valence-electron chi connectivity index (χ2n) is 9.68. The molecule has 2 heterocycles. The number of amides is 1.